The maximum absolute atomic E-state index is 11.9. The minimum absolute atomic E-state index is 0.0368. The first-order chi connectivity index (χ1) is 8.52. The number of hydrogen-bond acceptors (Lipinski definition) is 3. The van der Waals surface area contributed by atoms with Gasteiger partial charge in [-0.15, -0.1) is 11.6 Å². The lowest BCUT2D eigenvalue weighted by molar-refractivity contribution is -0.147. The number of carbonyl (C=O) groups excluding carboxylic acids is 1. The van der Waals surface area contributed by atoms with Gasteiger partial charge in [-0.3, -0.25) is 4.79 Å². The highest BCUT2D eigenvalue weighted by Gasteiger charge is 2.25. The van der Waals surface area contributed by atoms with Gasteiger partial charge in [-0.2, -0.15) is 0 Å². The summed E-state index contributed by atoms with van der Waals surface area (Å²) in [6.07, 6.45) is -1.51. The van der Waals surface area contributed by atoms with Crippen LogP contribution in [0.4, 0.5) is 0 Å². The molecule has 0 saturated heterocycles. The molecule has 0 aliphatic rings. The molecule has 0 radical (unpaired) electrons. The summed E-state index contributed by atoms with van der Waals surface area (Å²) in [5.74, 6) is -1.59. The molecule has 1 aromatic rings. The number of alkyl halides is 2. The number of benzene rings is 1. The van der Waals surface area contributed by atoms with Crippen molar-refractivity contribution in [2.24, 2.45) is 0 Å². The van der Waals surface area contributed by atoms with Gasteiger partial charge in [-0.05, 0) is 5.56 Å². The first-order valence-electron chi connectivity index (χ1n) is 5.20. The number of carboxylic acids is 1. The highest BCUT2D eigenvalue weighted by molar-refractivity contribution is 9.09. The lowest BCUT2D eigenvalue weighted by Crippen LogP contribution is -2.17. The van der Waals surface area contributed by atoms with Gasteiger partial charge in [0.2, 0.25) is 0 Å². The average Bonchev–Trinajstić information content (AvgIpc) is 2.37. The first-order valence-corrected chi connectivity index (χ1v) is 6.86. The molecule has 1 rings (SSSR count). The van der Waals surface area contributed by atoms with E-state index in [0.717, 1.165) is 0 Å². The zero-order valence-corrected chi connectivity index (χ0v) is 11.7. The largest absolute Gasteiger partial charge is 0.479 e. The molecule has 0 aliphatic heterocycles. The van der Waals surface area contributed by atoms with Crippen LogP contribution >= 0.6 is 27.5 Å². The second kappa shape index (κ2) is 6.87. The van der Waals surface area contributed by atoms with E-state index < -0.39 is 12.1 Å². The maximum Gasteiger partial charge on any atom is 0.337 e. The molecule has 98 valence electrons. The molecule has 0 aromatic heterocycles. The van der Waals surface area contributed by atoms with Gasteiger partial charge in [-0.1, -0.05) is 34.1 Å². The van der Waals surface area contributed by atoms with Crippen molar-refractivity contribution >= 4 is 39.3 Å². The zero-order chi connectivity index (χ0) is 13.7. The molecule has 4 nitrogen and oxygen atoms in total. The molecule has 18 heavy (non-hydrogen) atoms. The predicted molar refractivity (Wildman–Crippen MR) is 71.3 cm³/mol. The van der Waals surface area contributed by atoms with E-state index in [4.69, 9.17) is 16.7 Å². The summed E-state index contributed by atoms with van der Waals surface area (Å²) in [5.41, 5.74) is 0.750. The van der Waals surface area contributed by atoms with E-state index in [0.29, 0.717) is 10.9 Å². The third-order valence-corrected chi connectivity index (χ3v) is 3.15. The SMILES string of the molecule is O=C(CCBr)c1cccc(CCl)c1C(O)C(=O)O. The Balaban J connectivity index is 3.33. The van der Waals surface area contributed by atoms with Crippen LogP contribution in [0.15, 0.2) is 18.2 Å². The standard InChI is InChI=1S/C12H12BrClO4/c13-5-4-9(15)8-3-1-2-7(6-14)10(8)11(16)12(17)18/h1-3,11,16H,4-6H2,(H,17,18). The number of ketones is 1. The number of hydrogen-bond donors (Lipinski definition) is 2. The van der Waals surface area contributed by atoms with Gasteiger partial charge in [0.15, 0.2) is 11.9 Å². The van der Waals surface area contributed by atoms with Crippen molar-refractivity contribution in [3.63, 3.8) is 0 Å². The molecular weight excluding hydrogens is 323 g/mol. The Morgan fingerprint density at radius 3 is 2.56 bits per heavy atom. The topological polar surface area (TPSA) is 74.6 Å². The molecule has 0 aliphatic carbocycles. The average molecular weight is 336 g/mol. The fraction of sp³-hybridized carbons (Fsp3) is 0.333. The van der Waals surface area contributed by atoms with Gasteiger partial charge in [0.1, 0.15) is 0 Å². The Labute approximate surface area is 118 Å². The van der Waals surface area contributed by atoms with Crippen LogP contribution < -0.4 is 0 Å². The number of rotatable bonds is 6. The number of carbonyl (C=O) groups is 2. The van der Waals surface area contributed by atoms with E-state index in [1.54, 1.807) is 12.1 Å². The molecular formula is C12H12BrClO4. The summed E-state index contributed by atoms with van der Waals surface area (Å²) in [7, 11) is 0. The van der Waals surface area contributed by atoms with Crippen molar-refractivity contribution in [1.82, 2.24) is 0 Å². The summed E-state index contributed by atoms with van der Waals surface area (Å²) in [6.45, 7) is 0. The van der Waals surface area contributed by atoms with Crippen LogP contribution in [0, 0.1) is 0 Å². The van der Waals surface area contributed by atoms with E-state index in [-0.39, 0.29) is 29.2 Å². The smallest absolute Gasteiger partial charge is 0.337 e. The fourth-order valence-corrected chi connectivity index (χ4v) is 2.23. The lowest BCUT2D eigenvalue weighted by Gasteiger charge is -2.15. The van der Waals surface area contributed by atoms with Crippen LogP contribution in [-0.2, 0) is 10.7 Å². The van der Waals surface area contributed by atoms with Crippen LogP contribution in [0.25, 0.3) is 0 Å². The van der Waals surface area contributed by atoms with Crippen molar-refractivity contribution in [2.45, 2.75) is 18.4 Å². The van der Waals surface area contributed by atoms with E-state index in [2.05, 4.69) is 15.9 Å². The minimum Gasteiger partial charge on any atom is -0.479 e. The monoisotopic (exact) mass is 334 g/mol. The van der Waals surface area contributed by atoms with Gasteiger partial charge < -0.3 is 10.2 Å². The Morgan fingerprint density at radius 1 is 1.39 bits per heavy atom. The molecule has 0 saturated carbocycles. The van der Waals surface area contributed by atoms with E-state index in [1.165, 1.54) is 6.07 Å². The van der Waals surface area contributed by atoms with Crippen molar-refractivity contribution in [3.05, 3.63) is 34.9 Å². The second-order valence-corrected chi connectivity index (χ2v) is 4.68. The third-order valence-electron chi connectivity index (χ3n) is 2.47. The van der Waals surface area contributed by atoms with E-state index in [1.807, 2.05) is 0 Å². The Hall–Kier alpha value is -0.910. The van der Waals surface area contributed by atoms with E-state index >= 15 is 0 Å². The number of carboxylic acid groups (broad SMARTS) is 1. The van der Waals surface area contributed by atoms with Gasteiger partial charge in [0.05, 0.1) is 0 Å². The minimum atomic E-state index is -1.74. The predicted octanol–water partition coefficient (Wildman–Crippen LogP) is 2.51. The van der Waals surface area contributed by atoms with Crippen molar-refractivity contribution in [1.29, 1.82) is 0 Å². The number of aliphatic hydroxyl groups is 1. The van der Waals surface area contributed by atoms with Gasteiger partial charge in [0.25, 0.3) is 0 Å². The zero-order valence-electron chi connectivity index (χ0n) is 9.40. The Morgan fingerprint density at radius 2 is 2.06 bits per heavy atom. The van der Waals surface area contributed by atoms with Gasteiger partial charge in [0, 0.05) is 28.8 Å². The maximum atomic E-state index is 11.9. The molecule has 0 fully saturated rings. The van der Waals surface area contributed by atoms with Crippen molar-refractivity contribution < 1.29 is 19.8 Å². The van der Waals surface area contributed by atoms with Crippen molar-refractivity contribution in [3.8, 4) is 0 Å². The summed E-state index contributed by atoms with van der Waals surface area (Å²) in [5, 5.41) is 19.0. The number of aliphatic carboxylic acids is 1. The molecule has 6 heteroatoms. The summed E-state index contributed by atoms with van der Waals surface area (Å²) in [6, 6.07) is 4.72. The highest BCUT2D eigenvalue weighted by atomic mass is 79.9. The molecule has 0 spiro atoms. The Kier molecular flexibility index (Phi) is 5.78. The molecule has 1 unspecified atom stereocenters. The number of aliphatic hydroxyl groups excluding tert-OH is 1. The molecule has 0 bridgehead atoms. The highest BCUT2D eigenvalue weighted by Crippen LogP contribution is 2.25. The summed E-state index contributed by atoms with van der Waals surface area (Å²) in [4.78, 5) is 22.8. The summed E-state index contributed by atoms with van der Waals surface area (Å²) < 4.78 is 0. The summed E-state index contributed by atoms with van der Waals surface area (Å²) >= 11 is 8.86. The third kappa shape index (κ3) is 3.31. The first kappa shape index (κ1) is 15.1. The molecule has 0 heterocycles. The van der Waals surface area contributed by atoms with Crippen LogP contribution in [-0.4, -0.2) is 27.3 Å². The van der Waals surface area contributed by atoms with E-state index in [9.17, 15) is 14.7 Å². The quantitative estimate of drug-likeness (QED) is 0.619. The lowest BCUT2D eigenvalue weighted by atomic mass is 9.93. The molecule has 0 amide bonds. The van der Waals surface area contributed by atoms with Crippen LogP contribution in [0.1, 0.15) is 34.0 Å². The molecule has 1 atom stereocenters. The number of Topliss-reactive ketones (excluding diaryl/α,β-unsaturated/α-hetero) is 1. The number of halogens is 2. The van der Waals surface area contributed by atoms with Crippen LogP contribution in [0.3, 0.4) is 0 Å². The van der Waals surface area contributed by atoms with Crippen molar-refractivity contribution in [2.75, 3.05) is 5.33 Å². The normalized spacial score (nSPS) is 12.2. The van der Waals surface area contributed by atoms with Crippen LogP contribution in [0.5, 0.6) is 0 Å². The second-order valence-electron chi connectivity index (χ2n) is 3.61. The van der Waals surface area contributed by atoms with Gasteiger partial charge in [-0.25, -0.2) is 4.79 Å². The molecule has 2 N–H and O–H groups in total. The molecule has 1 aromatic carbocycles. The van der Waals surface area contributed by atoms with Crippen LogP contribution in [0.2, 0.25) is 0 Å². The van der Waals surface area contributed by atoms with Gasteiger partial charge >= 0.3 is 5.97 Å². The Bertz CT molecular complexity index is 461. The fourth-order valence-electron chi connectivity index (χ4n) is 1.64.